The van der Waals surface area contributed by atoms with E-state index in [1.54, 1.807) is 73.7 Å². The quantitative estimate of drug-likeness (QED) is 0.363. The number of benzene rings is 3. The van der Waals surface area contributed by atoms with Crippen LogP contribution in [0.5, 0.6) is 5.88 Å². The first-order chi connectivity index (χ1) is 14.9. The van der Waals surface area contributed by atoms with Gasteiger partial charge in [0.2, 0.25) is 15.7 Å². The minimum atomic E-state index is -3.99. The Morgan fingerprint density at radius 3 is 2.10 bits per heavy atom. The normalized spacial score (nSPS) is 11.3. The number of carbonyl (C=O) groups excluding carboxylic acids is 1. The summed E-state index contributed by atoms with van der Waals surface area (Å²) in [5, 5.41) is 4.39. The first kappa shape index (κ1) is 21.0. The number of aryl methyl sites for hydroxylation is 1. The van der Waals surface area contributed by atoms with Gasteiger partial charge in [-0.05, 0) is 55.5 Å². The Morgan fingerprint density at radius 2 is 1.48 bits per heavy atom. The fourth-order valence-corrected chi connectivity index (χ4v) is 4.89. The molecule has 6 nitrogen and oxygen atoms in total. The molecule has 0 bridgehead atoms. The molecule has 0 aliphatic heterocycles. The Labute approximate surface area is 188 Å². The van der Waals surface area contributed by atoms with Crippen molar-refractivity contribution in [2.45, 2.75) is 16.7 Å². The summed E-state index contributed by atoms with van der Waals surface area (Å²) < 4.78 is 34.7. The Bertz CT molecular complexity index is 1330. The zero-order valence-electron chi connectivity index (χ0n) is 16.4. The molecule has 0 unspecified atom stereocenters. The second kappa shape index (κ2) is 8.49. The highest BCUT2D eigenvalue weighted by molar-refractivity contribution is 9.10. The van der Waals surface area contributed by atoms with Crippen LogP contribution >= 0.6 is 15.9 Å². The molecule has 0 saturated heterocycles. The van der Waals surface area contributed by atoms with E-state index in [2.05, 4.69) is 21.0 Å². The zero-order valence-corrected chi connectivity index (χ0v) is 18.8. The fraction of sp³-hybridized carbons (Fsp3) is 0.0435. The van der Waals surface area contributed by atoms with Gasteiger partial charge in [0.05, 0.1) is 21.8 Å². The van der Waals surface area contributed by atoms with Gasteiger partial charge >= 0.3 is 5.97 Å². The standard InChI is InChI=1S/C23H17BrN2O4S/c1-16-21(31(28,29)20-10-6-3-7-11-20)22(26(25-16)19-8-4-2-5-9-19)30-23(27)17-12-14-18(24)15-13-17/h2-15H,1H3. The summed E-state index contributed by atoms with van der Waals surface area (Å²) in [4.78, 5) is 12.8. The number of hydrogen-bond acceptors (Lipinski definition) is 5. The maximum Gasteiger partial charge on any atom is 0.344 e. The van der Waals surface area contributed by atoms with Crippen molar-refractivity contribution < 1.29 is 17.9 Å². The van der Waals surface area contributed by atoms with Crippen LogP contribution in [0, 0.1) is 6.92 Å². The van der Waals surface area contributed by atoms with Crippen LogP contribution in [0.25, 0.3) is 5.69 Å². The molecular formula is C23H17BrN2O4S. The topological polar surface area (TPSA) is 78.3 Å². The lowest BCUT2D eigenvalue weighted by atomic mass is 10.2. The van der Waals surface area contributed by atoms with Crippen molar-refractivity contribution in [1.29, 1.82) is 0 Å². The minimum absolute atomic E-state index is 0.0895. The summed E-state index contributed by atoms with van der Waals surface area (Å²) in [5.74, 6) is -0.838. The van der Waals surface area contributed by atoms with Crippen LogP contribution in [0.1, 0.15) is 16.1 Å². The van der Waals surface area contributed by atoms with Gasteiger partial charge in [-0.25, -0.2) is 13.2 Å². The summed E-state index contributed by atoms with van der Waals surface area (Å²) in [6.45, 7) is 1.58. The average molecular weight is 497 g/mol. The molecule has 4 rings (SSSR count). The third-order valence-electron chi connectivity index (χ3n) is 4.56. The molecule has 0 amide bonds. The minimum Gasteiger partial charge on any atom is -0.402 e. The number of hydrogen-bond donors (Lipinski definition) is 0. The van der Waals surface area contributed by atoms with Gasteiger partial charge in [0.25, 0.3) is 0 Å². The van der Waals surface area contributed by atoms with E-state index in [9.17, 15) is 13.2 Å². The van der Waals surface area contributed by atoms with Crippen molar-refractivity contribution in [2.24, 2.45) is 0 Å². The summed E-state index contributed by atoms with van der Waals surface area (Å²) in [6, 6.07) is 23.5. The van der Waals surface area contributed by atoms with E-state index in [1.165, 1.54) is 16.8 Å². The first-order valence-corrected chi connectivity index (χ1v) is 11.6. The highest BCUT2D eigenvalue weighted by Crippen LogP contribution is 2.35. The lowest BCUT2D eigenvalue weighted by molar-refractivity contribution is 0.0718. The van der Waals surface area contributed by atoms with E-state index in [1.807, 2.05) is 6.07 Å². The molecule has 0 spiro atoms. The second-order valence-corrected chi connectivity index (χ2v) is 9.48. The number of sulfone groups is 1. The molecule has 0 aliphatic carbocycles. The molecular weight excluding hydrogens is 480 g/mol. The van der Waals surface area contributed by atoms with Gasteiger partial charge in [0.1, 0.15) is 0 Å². The molecule has 0 aliphatic rings. The van der Waals surface area contributed by atoms with Crippen LogP contribution in [0.2, 0.25) is 0 Å². The molecule has 156 valence electrons. The van der Waals surface area contributed by atoms with Crippen LogP contribution in [0.4, 0.5) is 0 Å². The van der Waals surface area contributed by atoms with E-state index in [0.29, 0.717) is 5.69 Å². The number of rotatable bonds is 5. The number of para-hydroxylation sites is 1. The van der Waals surface area contributed by atoms with Gasteiger partial charge in [0, 0.05) is 4.47 Å². The predicted molar refractivity (Wildman–Crippen MR) is 119 cm³/mol. The smallest absolute Gasteiger partial charge is 0.344 e. The van der Waals surface area contributed by atoms with Crippen molar-refractivity contribution in [3.63, 3.8) is 0 Å². The van der Waals surface area contributed by atoms with Gasteiger partial charge in [-0.3, -0.25) is 0 Å². The SMILES string of the molecule is Cc1nn(-c2ccccc2)c(OC(=O)c2ccc(Br)cc2)c1S(=O)(=O)c1ccccc1. The second-order valence-electron chi connectivity index (χ2n) is 6.68. The third kappa shape index (κ3) is 4.17. The molecule has 3 aromatic carbocycles. The molecule has 0 fully saturated rings. The Hall–Kier alpha value is -3.23. The van der Waals surface area contributed by atoms with Crippen LogP contribution in [-0.4, -0.2) is 24.2 Å². The van der Waals surface area contributed by atoms with Crippen molar-refractivity contribution in [1.82, 2.24) is 9.78 Å². The molecule has 0 N–H and O–H groups in total. The zero-order chi connectivity index (χ0) is 22.0. The molecule has 0 radical (unpaired) electrons. The third-order valence-corrected chi connectivity index (χ3v) is 6.99. The Morgan fingerprint density at radius 1 is 0.903 bits per heavy atom. The lowest BCUT2D eigenvalue weighted by Crippen LogP contribution is -2.14. The van der Waals surface area contributed by atoms with E-state index in [0.717, 1.165) is 4.47 Å². The lowest BCUT2D eigenvalue weighted by Gasteiger charge is -2.11. The van der Waals surface area contributed by atoms with Crippen molar-refractivity contribution in [3.8, 4) is 11.6 Å². The molecule has 31 heavy (non-hydrogen) atoms. The summed E-state index contributed by atoms with van der Waals surface area (Å²) in [5.41, 5.74) is 1.08. The number of aromatic nitrogens is 2. The number of nitrogens with zero attached hydrogens (tertiary/aromatic N) is 2. The molecule has 0 atom stereocenters. The number of halogens is 1. The van der Waals surface area contributed by atoms with Crippen LogP contribution in [-0.2, 0) is 9.84 Å². The molecule has 8 heteroatoms. The maximum atomic E-state index is 13.4. The van der Waals surface area contributed by atoms with Crippen molar-refractivity contribution >= 4 is 31.7 Å². The molecule has 1 heterocycles. The highest BCUT2D eigenvalue weighted by Gasteiger charge is 2.32. The Kier molecular flexibility index (Phi) is 5.75. The Balaban J connectivity index is 1.88. The van der Waals surface area contributed by atoms with Gasteiger partial charge in [-0.15, -0.1) is 0 Å². The number of carbonyl (C=O) groups is 1. The average Bonchev–Trinajstić information content (AvgIpc) is 3.11. The van der Waals surface area contributed by atoms with E-state index >= 15 is 0 Å². The van der Waals surface area contributed by atoms with Crippen molar-refractivity contribution in [3.05, 3.63) is 101 Å². The monoisotopic (exact) mass is 496 g/mol. The van der Waals surface area contributed by atoms with Crippen LogP contribution in [0.15, 0.2) is 99.2 Å². The van der Waals surface area contributed by atoms with E-state index < -0.39 is 15.8 Å². The van der Waals surface area contributed by atoms with Crippen molar-refractivity contribution in [2.75, 3.05) is 0 Å². The molecule has 1 aromatic heterocycles. The van der Waals surface area contributed by atoms with Gasteiger partial charge < -0.3 is 4.74 Å². The fourth-order valence-electron chi connectivity index (χ4n) is 3.09. The molecule has 0 saturated carbocycles. The molecule has 4 aromatic rings. The highest BCUT2D eigenvalue weighted by atomic mass is 79.9. The van der Waals surface area contributed by atoms with Crippen LogP contribution < -0.4 is 4.74 Å². The summed E-state index contributed by atoms with van der Waals surface area (Å²) in [7, 11) is -3.99. The number of ether oxygens (including phenoxy) is 1. The largest absolute Gasteiger partial charge is 0.402 e. The van der Waals surface area contributed by atoms with Gasteiger partial charge in [-0.1, -0.05) is 52.3 Å². The summed E-state index contributed by atoms with van der Waals surface area (Å²) >= 11 is 3.32. The predicted octanol–water partition coefficient (Wildman–Crippen LogP) is 5.00. The van der Waals surface area contributed by atoms with E-state index in [-0.39, 0.29) is 26.9 Å². The first-order valence-electron chi connectivity index (χ1n) is 9.31. The number of esters is 1. The van der Waals surface area contributed by atoms with E-state index in [4.69, 9.17) is 4.74 Å². The van der Waals surface area contributed by atoms with Crippen LogP contribution in [0.3, 0.4) is 0 Å². The van der Waals surface area contributed by atoms with Gasteiger partial charge in [0.15, 0.2) is 4.90 Å². The maximum absolute atomic E-state index is 13.4. The van der Waals surface area contributed by atoms with Gasteiger partial charge in [-0.2, -0.15) is 9.78 Å². The summed E-state index contributed by atoms with van der Waals surface area (Å²) in [6.07, 6.45) is 0.